The molecule has 0 aliphatic heterocycles. The molecule has 6 nitrogen and oxygen atoms in total. The SMILES string of the molecule is O=S(=O)([O-])CS.O=S(=O)([O-])CS.[Na+].[Na+]. The van der Waals surface area contributed by atoms with Crippen molar-refractivity contribution in [3.8, 4) is 0 Å². The van der Waals surface area contributed by atoms with Crippen molar-refractivity contribution in [3.63, 3.8) is 0 Å². The van der Waals surface area contributed by atoms with Crippen LogP contribution in [-0.2, 0) is 20.2 Å². The van der Waals surface area contributed by atoms with E-state index in [0.717, 1.165) is 0 Å². The predicted molar refractivity (Wildman–Crippen MR) is 47.1 cm³/mol. The van der Waals surface area contributed by atoms with Crippen LogP contribution in [0.4, 0.5) is 0 Å². The molecule has 0 bridgehead atoms. The third-order valence-electron chi connectivity index (χ3n) is 0.316. The van der Waals surface area contributed by atoms with Crippen LogP contribution in [0.2, 0.25) is 0 Å². The monoisotopic (exact) mass is 300 g/mol. The van der Waals surface area contributed by atoms with Crippen molar-refractivity contribution in [2.24, 2.45) is 0 Å². The van der Waals surface area contributed by atoms with Crippen LogP contribution in [0.3, 0.4) is 0 Å². The largest absolute Gasteiger partial charge is 1.00 e. The van der Waals surface area contributed by atoms with Gasteiger partial charge in [-0.15, -0.1) is 0 Å². The molecule has 0 radical (unpaired) electrons. The molecule has 14 heavy (non-hydrogen) atoms. The molecule has 12 heteroatoms. The third kappa shape index (κ3) is 36.6. The summed E-state index contributed by atoms with van der Waals surface area (Å²) in [6.45, 7) is 0. The maximum absolute atomic E-state index is 9.37. The Morgan fingerprint density at radius 1 is 0.786 bits per heavy atom. The fourth-order valence-electron chi connectivity index (χ4n) is 0. The van der Waals surface area contributed by atoms with Gasteiger partial charge in [0.25, 0.3) is 0 Å². The standard InChI is InChI=1S/2CH4O3S2.2Na/c2*2-6(3,4)1-5;;/h2*5H,1H2,(H,2,3,4);;/q;;2*+1/p-2. The summed E-state index contributed by atoms with van der Waals surface area (Å²) in [7, 11) is -8.10. The van der Waals surface area contributed by atoms with Gasteiger partial charge in [0, 0.05) is 0 Å². The number of rotatable bonds is 2. The van der Waals surface area contributed by atoms with Gasteiger partial charge in [-0.3, -0.25) is 0 Å². The summed E-state index contributed by atoms with van der Waals surface area (Å²) < 4.78 is 56.2. The van der Waals surface area contributed by atoms with Gasteiger partial charge in [-0.25, -0.2) is 16.8 Å². The average molecular weight is 300 g/mol. The smallest absolute Gasteiger partial charge is 0.747 e. The molecular formula is C2H6Na2O6S4. The van der Waals surface area contributed by atoms with E-state index in [-0.39, 0.29) is 59.1 Å². The quantitative estimate of drug-likeness (QED) is 0.297. The Morgan fingerprint density at radius 3 is 0.857 bits per heavy atom. The molecule has 0 saturated carbocycles. The molecular weight excluding hydrogens is 294 g/mol. The molecule has 0 N–H and O–H groups in total. The summed E-state index contributed by atoms with van der Waals surface area (Å²) in [6, 6.07) is 0. The van der Waals surface area contributed by atoms with Crippen LogP contribution in [0.5, 0.6) is 0 Å². The first-order valence-corrected chi connectivity index (χ1v) is 6.63. The van der Waals surface area contributed by atoms with E-state index >= 15 is 0 Å². The van der Waals surface area contributed by atoms with E-state index in [9.17, 15) is 25.9 Å². The van der Waals surface area contributed by atoms with E-state index in [1.165, 1.54) is 0 Å². The van der Waals surface area contributed by atoms with Gasteiger partial charge in [-0.1, -0.05) is 0 Å². The number of thiol groups is 2. The van der Waals surface area contributed by atoms with E-state index in [2.05, 4.69) is 25.3 Å². The second kappa shape index (κ2) is 12.0. The van der Waals surface area contributed by atoms with Crippen molar-refractivity contribution >= 4 is 45.5 Å². The van der Waals surface area contributed by atoms with Crippen LogP contribution in [0.1, 0.15) is 0 Å². The summed E-state index contributed by atoms with van der Waals surface area (Å²) in [4.78, 5) is 0. The third-order valence-corrected chi connectivity index (χ3v) is 2.85. The minimum Gasteiger partial charge on any atom is -0.747 e. The zero-order valence-electron chi connectivity index (χ0n) is 7.57. The van der Waals surface area contributed by atoms with Gasteiger partial charge in [0.2, 0.25) is 0 Å². The fourth-order valence-corrected chi connectivity index (χ4v) is 0. The summed E-state index contributed by atoms with van der Waals surface area (Å²) >= 11 is 6.40. The van der Waals surface area contributed by atoms with Crippen molar-refractivity contribution < 1.29 is 85.1 Å². The van der Waals surface area contributed by atoms with Crippen molar-refractivity contribution in [1.82, 2.24) is 0 Å². The summed E-state index contributed by atoms with van der Waals surface area (Å²) in [5, 5.41) is -1.24. The first-order valence-electron chi connectivity index (χ1n) is 2.21. The Morgan fingerprint density at radius 2 is 0.857 bits per heavy atom. The number of hydrogen-bond donors (Lipinski definition) is 2. The van der Waals surface area contributed by atoms with Gasteiger partial charge in [-0.2, -0.15) is 25.3 Å². The minimum absolute atomic E-state index is 0. The van der Waals surface area contributed by atoms with Gasteiger partial charge < -0.3 is 9.11 Å². The molecule has 0 heterocycles. The Balaban J connectivity index is -0.0000000625. The maximum Gasteiger partial charge on any atom is 1.00 e. The fraction of sp³-hybridized carbons (Fsp3) is 1.00. The molecule has 0 amide bonds. The van der Waals surface area contributed by atoms with Crippen LogP contribution < -0.4 is 59.1 Å². The molecule has 0 aromatic carbocycles. The van der Waals surface area contributed by atoms with Crippen LogP contribution in [-0.4, -0.2) is 36.1 Å². The van der Waals surface area contributed by atoms with Crippen molar-refractivity contribution in [1.29, 1.82) is 0 Å². The van der Waals surface area contributed by atoms with Crippen molar-refractivity contribution in [3.05, 3.63) is 0 Å². The predicted octanol–water partition coefficient (Wildman–Crippen LogP) is -7.15. The molecule has 0 atom stereocenters. The Labute approximate surface area is 139 Å². The van der Waals surface area contributed by atoms with Crippen LogP contribution >= 0.6 is 25.3 Å². The van der Waals surface area contributed by atoms with Crippen LogP contribution in [0, 0.1) is 0 Å². The molecule has 0 saturated heterocycles. The second-order valence-corrected chi connectivity index (χ2v) is 5.67. The van der Waals surface area contributed by atoms with Crippen LogP contribution in [0.25, 0.3) is 0 Å². The van der Waals surface area contributed by atoms with Crippen LogP contribution in [0.15, 0.2) is 0 Å². The Hall–Kier alpha value is 2.52. The van der Waals surface area contributed by atoms with E-state index in [1.807, 2.05) is 0 Å². The van der Waals surface area contributed by atoms with E-state index in [1.54, 1.807) is 0 Å². The normalized spacial score (nSPS) is 10.0. The summed E-state index contributed by atoms with van der Waals surface area (Å²) in [5.74, 6) is 0. The summed E-state index contributed by atoms with van der Waals surface area (Å²) in [5.41, 5.74) is 0. The summed E-state index contributed by atoms with van der Waals surface area (Å²) in [6.07, 6.45) is 0. The van der Waals surface area contributed by atoms with Gasteiger partial charge in [-0.05, 0) is 0 Å². The van der Waals surface area contributed by atoms with E-state index in [0.29, 0.717) is 0 Å². The molecule has 0 rings (SSSR count). The zero-order valence-corrected chi connectivity index (χ0v) is 15.0. The molecule has 76 valence electrons. The molecule has 0 fully saturated rings. The first-order chi connectivity index (χ1) is 5.12. The number of hydrogen-bond acceptors (Lipinski definition) is 8. The molecule has 0 aromatic heterocycles. The van der Waals surface area contributed by atoms with Gasteiger partial charge in [0.05, 0.1) is 10.2 Å². The molecule has 0 unspecified atom stereocenters. The van der Waals surface area contributed by atoms with Crippen molar-refractivity contribution in [2.45, 2.75) is 0 Å². The molecule has 0 spiro atoms. The zero-order chi connectivity index (χ0) is 10.4. The Bertz CT molecular complexity index is 262. The second-order valence-electron chi connectivity index (χ2n) is 1.37. The minimum atomic E-state index is -4.05. The maximum atomic E-state index is 9.37. The first kappa shape index (κ1) is 25.4. The van der Waals surface area contributed by atoms with Gasteiger partial charge >= 0.3 is 59.1 Å². The molecule has 0 aromatic rings. The van der Waals surface area contributed by atoms with Gasteiger partial charge in [0.15, 0.2) is 0 Å². The van der Waals surface area contributed by atoms with Gasteiger partial charge in [0.1, 0.15) is 20.2 Å². The van der Waals surface area contributed by atoms with E-state index < -0.39 is 30.4 Å². The Kier molecular flexibility index (Phi) is 21.7. The topological polar surface area (TPSA) is 114 Å². The average Bonchev–Trinajstić information content (AvgIpc) is 1.86. The molecule has 0 aliphatic rings. The van der Waals surface area contributed by atoms with Crippen molar-refractivity contribution in [2.75, 3.05) is 10.2 Å². The van der Waals surface area contributed by atoms with E-state index in [4.69, 9.17) is 0 Å². The molecule has 0 aliphatic carbocycles.